The number of hydrogen-bond donors (Lipinski definition) is 2. The second-order valence-electron chi connectivity index (χ2n) is 6.14. The molecule has 1 saturated heterocycles. The van der Waals surface area contributed by atoms with Crippen molar-refractivity contribution in [2.75, 3.05) is 5.73 Å². The monoisotopic (exact) mass is 258 g/mol. The number of nitrogen functional groups attached to an aromatic ring is 1. The van der Waals surface area contributed by atoms with Crippen LogP contribution in [-0.2, 0) is 9.31 Å². The average Bonchev–Trinajstić information content (AvgIpc) is 2.77. The Morgan fingerprint density at radius 3 is 2.37 bits per heavy atom. The molecule has 0 radical (unpaired) electrons. The number of hydrogen-bond acceptors (Lipinski definition) is 3. The molecule has 2 aromatic rings. The van der Waals surface area contributed by atoms with E-state index in [1.165, 1.54) is 0 Å². The van der Waals surface area contributed by atoms with E-state index in [0.717, 1.165) is 22.1 Å². The first-order valence-electron chi connectivity index (χ1n) is 6.52. The summed E-state index contributed by atoms with van der Waals surface area (Å²) in [6, 6.07) is 5.80. The SMILES string of the molecule is CC1(C)OB(c2c[nH]c3ccc(N)cc23)OC1(C)C. The van der Waals surface area contributed by atoms with Crippen LogP contribution >= 0.6 is 0 Å². The number of aromatic amines is 1. The molecule has 0 bridgehead atoms. The lowest BCUT2D eigenvalue weighted by atomic mass is 9.79. The summed E-state index contributed by atoms with van der Waals surface area (Å²) < 4.78 is 12.1. The molecule has 1 aliphatic rings. The third-order valence-electron chi connectivity index (χ3n) is 4.24. The molecule has 1 aromatic carbocycles. The first-order chi connectivity index (χ1) is 8.80. The number of fused-ring (bicyclic) bond motifs is 1. The van der Waals surface area contributed by atoms with E-state index in [1.807, 2.05) is 24.4 Å². The minimum atomic E-state index is -0.361. The van der Waals surface area contributed by atoms with Crippen molar-refractivity contribution >= 4 is 29.2 Å². The average molecular weight is 258 g/mol. The lowest BCUT2D eigenvalue weighted by molar-refractivity contribution is 0.00578. The number of rotatable bonds is 1. The minimum absolute atomic E-state index is 0.332. The van der Waals surface area contributed by atoms with E-state index in [4.69, 9.17) is 15.0 Å². The van der Waals surface area contributed by atoms with Crippen LogP contribution in [0.5, 0.6) is 0 Å². The highest BCUT2D eigenvalue weighted by Gasteiger charge is 2.52. The van der Waals surface area contributed by atoms with Gasteiger partial charge in [0.2, 0.25) is 0 Å². The fourth-order valence-corrected chi connectivity index (χ4v) is 2.32. The lowest BCUT2D eigenvalue weighted by Crippen LogP contribution is -2.41. The van der Waals surface area contributed by atoms with E-state index < -0.39 is 0 Å². The van der Waals surface area contributed by atoms with Crippen molar-refractivity contribution in [1.29, 1.82) is 0 Å². The highest BCUT2D eigenvalue weighted by molar-refractivity contribution is 6.65. The van der Waals surface area contributed by atoms with E-state index in [0.29, 0.717) is 0 Å². The normalized spacial score (nSPS) is 21.2. The molecule has 1 aromatic heterocycles. The molecule has 4 nitrogen and oxygen atoms in total. The molecule has 0 saturated carbocycles. The molecule has 1 fully saturated rings. The summed E-state index contributed by atoms with van der Waals surface area (Å²) in [4.78, 5) is 3.23. The van der Waals surface area contributed by atoms with Crippen LogP contribution in [0.1, 0.15) is 27.7 Å². The van der Waals surface area contributed by atoms with Crippen molar-refractivity contribution in [3.8, 4) is 0 Å². The summed E-state index contributed by atoms with van der Waals surface area (Å²) in [5.41, 5.74) is 7.98. The van der Waals surface area contributed by atoms with Gasteiger partial charge in [-0.2, -0.15) is 0 Å². The van der Waals surface area contributed by atoms with Crippen LogP contribution in [0, 0.1) is 0 Å². The highest BCUT2D eigenvalue weighted by atomic mass is 16.7. The van der Waals surface area contributed by atoms with Crippen molar-refractivity contribution in [1.82, 2.24) is 4.98 Å². The molecular weight excluding hydrogens is 239 g/mol. The minimum Gasteiger partial charge on any atom is -0.399 e. The van der Waals surface area contributed by atoms with Crippen LogP contribution in [0.15, 0.2) is 24.4 Å². The zero-order valence-corrected chi connectivity index (χ0v) is 11.8. The van der Waals surface area contributed by atoms with Gasteiger partial charge in [-0.05, 0) is 45.9 Å². The largest absolute Gasteiger partial charge is 0.497 e. The third kappa shape index (κ3) is 1.85. The fraction of sp³-hybridized carbons (Fsp3) is 0.429. The van der Waals surface area contributed by atoms with Gasteiger partial charge in [-0.1, -0.05) is 0 Å². The molecule has 0 unspecified atom stereocenters. The number of benzene rings is 1. The van der Waals surface area contributed by atoms with Gasteiger partial charge in [-0.15, -0.1) is 0 Å². The Hall–Kier alpha value is -1.46. The number of H-pyrrole nitrogens is 1. The zero-order chi connectivity index (χ0) is 13.8. The Morgan fingerprint density at radius 1 is 1.11 bits per heavy atom. The topological polar surface area (TPSA) is 60.3 Å². The quantitative estimate of drug-likeness (QED) is 0.608. The van der Waals surface area contributed by atoms with Crippen LogP contribution in [0.3, 0.4) is 0 Å². The van der Waals surface area contributed by atoms with Crippen LogP contribution in [-0.4, -0.2) is 23.3 Å². The van der Waals surface area contributed by atoms with E-state index in [2.05, 4.69) is 32.7 Å². The third-order valence-corrected chi connectivity index (χ3v) is 4.24. The predicted molar refractivity (Wildman–Crippen MR) is 78.4 cm³/mol. The Labute approximate surface area is 113 Å². The number of nitrogens with two attached hydrogens (primary N) is 1. The lowest BCUT2D eigenvalue weighted by Gasteiger charge is -2.32. The molecule has 2 heterocycles. The Balaban J connectivity index is 2.05. The predicted octanol–water partition coefficient (Wildman–Crippen LogP) is 2.05. The van der Waals surface area contributed by atoms with Crippen molar-refractivity contribution < 1.29 is 9.31 Å². The van der Waals surface area contributed by atoms with E-state index in [9.17, 15) is 0 Å². The van der Waals surface area contributed by atoms with Gasteiger partial charge in [0.05, 0.1) is 11.2 Å². The van der Waals surface area contributed by atoms with Crippen molar-refractivity contribution in [2.24, 2.45) is 0 Å². The molecule has 0 aliphatic carbocycles. The maximum atomic E-state index is 6.07. The van der Waals surface area contributed by atoms with Gasteiger partial charge in [-0.3, -0.25) is 0 Å². The Morgan fingerprint density at radius 2 is 1.74 bits per heavy atom. The summed E-state index contributed by atoms with van der Waals surface area (Å²) in [5.74, 6) is 0. The van der Waals surface area contributed by atoms with E-state index in [1.54, 1.807) is 0 Å². The summed E-state index contributed by atoms with van der Waals surface area (Å²) in [5, 5.41) is 1.05. The summed E-state index contributed by atoms with van der Waals surface area (Å²) in [7, 11) is -0.361. The summed E-state index contributed by atoms with van der Waals surface area (Å²) in [6.07, 6.45) is 1.94. The molecule has 5 heteroatoms. The second kappa shape index (κ2) is 3.77. The highest BCUT2D eigenvalue weighted by Crippen LogP contribution is 2.37. The van der Waals surface area contributed by atoms with Crippen LogP contribution in [0.2, 0.25) is 0 Å². The fourth-order valence-electron chi connectivity index (χ4n) is 2.32. The van der Waals surface area contributed by atoms with E-state index >= 15 is 0 Å². The summed E-state index contributed by atoms with van der Waals surface area (Å²) in [6.45, 7) is 8.21. The molecule has 3 rings (SSSR count). The van der Waals surface area contributed by atoms with Crippen LogP contribution in [0.25, 0.3) is 10.9 Å². The van der Waals surface area contributed by atoms with Gasteiger partial charge < -0.3 is 20.0 Å². The molecule has 3 N–H and O–H groups in total. The van der Waals surface area contributed by atoms with Crippen molar-refractivity contribution in [3.05, 3.63) is 24.4 Å². The van der Waals surface area contributed by atoms with Gasteiger partial charge in [0.25, 0.3) is 0 Å². The first kappa shape index (κ1) is 12.6. The smallest absolute Gasteiger partial charge is 0.399 e. The Kier molecular flexibility index (Phi) is 2.50. The number of anilines is 1. The number of nitrogens with one attached hydrogen (secondary N) is 1. The van der Waals surface area contributed by atoms with Crippen LogP contribution in [0.4, 0.5) is 5.69 Å². The summed E-state index contributed by atoms with van der Waals surface area (Å²) >= 11 is 0. The van der Waals surface area contributed by atoms with Crippen molar-refractivity contribution in [2.45, 2.75) is 38.9 Å². The van der Waals surface area contributed by atoms with Gasteiger partial charge >= 0.3 is 7.12 Å². The van der Waals surface area contributed by atoms with Gasteiger partial charge in [0.15, 0.2) is 0 Å². The maximum absolute atomic E-state index is 6.07. The molecule has 100 valence electrons. The molecule has 0 amide bonds. The van der Waals surface area contributed by atoms with Crippen molar-refractivity contribution in [3.63, 3.8) is 0 Å². The number of aromatic nitrogens is 1. The van der Waals surface area contributed by atoms with Crippen LogP contribution < -0.4 is 11.2 Å². The van der Waals surface area contributed by atoms with Gasteiger partial charge in [0.1, 0.15) is 0 Å². The van der Waals surface area contributed by atoms with Gasteiger partial charge in [-0.25, -0.2) is 0 Å². The second-order valence-corrected chi connectivity index (χ2v) is 6.14. The molecule has 0 atom stereocenters. The Bertz CT molecular complexity index is 617. The standard InChI is InChI=1S/C14H19BN2O2/c1-13(2)14(3,4)19-15(18-13)11-8-17-12-6-5-9(16)7-10(11)12/h5-8,17H,16H2,1-4H3. The van der Waals surface area contributed by atoms with Gasteiger partial charge in [0, 0.05) is 28.2 Å². The maximum Gasteiger partial charge on any atom is 0.497 e. The van der Waals surface area contributed by atoms with E-state index in [-0.39, 0.29) is 18.3 Å². The molecule has 0 spiro atoms. The molecular formula is C14H19BN2O2. The zero-order valence-electron chi connectivity index (χ0n) is 11.8. The molecule has 1 aliphatic heterocycles. The molecule has 19 heavy (non-hydrogen) atoms. The first-order valence-corrected chi connectivity index (χ1v) is 6.52.